The zero-order chi connectivity index (χ0) is 13.9. The zero-order valence-corrected chi connectivity index (χ0v) is 12.4. The van der Waals surface area contributed by atoms with Crippen LogP contribution in [0.25, 0.3) is 0 Å². The first-order valence-electron chi connectivity index (χ1n) is 7.41. The van der Waals surface area contributed by atoms with Gasteiger partial charge in [-0.1, -0.05) is 19.9 Å². The Bertz CT molecular complexity index is 477. The maximum absolute atomic E-state index is 8.95. The number of nitrogens with zero attached hydrogens (tertiary/aromatic N) is 2. The number of piperidine rings is 1. The monoisotopic (exact) mass is 256 g/mol. The van der Waals surface area contributed by atoms with E-state index in [9.17, 15) is 0 Å². The number of fused-ring (bicyclic) bond motifs is 1. The minimum atomic E-state index is 0.503. The van der Waals surface area contributed by atoms with Crippen molar-refractivity contribution < 1.29 is 0 Å². The first-order chi connectivity index (χ1) is 9.21. The van der Waals surface area contributed by atoms with Gasteiger partial charge in [-0.2, -0.15) is 5.26 Å². The van der Waals surface area contributed by atoms with Gasteiger partial charge < -0.3 is 4.90 Å². The maximum atomic E-state index is 8.95. The lowest BCUT2D eigenvalue weighted by Crippen LogP contribution is -2.38. The summed E-state index contributed by atoms with van der Waals surface area (Å²) in [6.45, 7) is 6.44. The number of rotatable bonds is 0. The molecule has 0 amide bonds. The van der Waals surface area contributed by atoms with E-state index in [-0.39, 0.29) is 0 Å². The minimum Gasteiger partial charge on any atom is -0.306 e. The summed E-state index contributed by atoms with van der Waals surface area (Å²) >= 11 is 0. The van der Waals surface area contributed by atoms with Crippen molar-refractivity contribution in [3.8, 4) is 6.07 Å². The van der Waals surface area contributed by atoms with Crippen LogP contribution in [0.3, 0.4) is 0 Å². The molecule has 3 rings (SSSR count). The molecule has 0 bridgehead atoms. The average Bonchev–Trinajstić information content (AvgIpc) is 2.81. The van der Waals surface area contributed by atoms with E-state index in [1.165, 1.54) is 49.9 Å². The molecule has 1 fully saturated rings. The van der Waals surface area contributed by atoms with E-state index >= 15 is 0 Å². The third kappa shape index (κ3) is 2.82. The first-order valence-corrected chi connectivity index (χ1v) is 7.41. The Labute approximate surface area is 117 Å². The highest BCUT2D eigenvalue weighted by Gasteiger charge is 2.39. The Hall–Kier alpha value is -1.33. The predicted molar refractivity (Wildman–Crippen MR) is 79.1 cm³/mol. The van der Waals surface area contributed by atoms with E-state index in [1.54, 1.807) is 0 Å². The molecule has 1 aromatic carbocycles. The number of nitriles is 1. The van der Waals surface area contributed by atoms with Gasteiger partial charge in [0.25, 0.3) is 0 Å². The quantitative estimate of drug-likeness (QED) is 0.711. The van der Waals surface area contributed by atoms with Crippen LogP contribution in [0.4, 0.5) is 0 Å². The molecule has 0 atom stereocenters. The van der Waals surface area contributed by atoms with Gasteiger partial charge in [-0.3, -0.25) is 0 Å². The third-order valence-corrected chi connectivity index (χ3v) is 4.51. The van der Waals surface area contributed by atoms with E-state index in [1.807, 2.05) is 19.9 Å². The van der Waals surface area contributed by atoms with Crippen molar-refractivity contribution in [2.45, 2.75) is 39.5 Å². The van der Waals surface area contributed by atoms with Crippen LogP contribution in [0.1, 0.15) is 43.4 Å². The molecule has 0 radical (unpaired) electrons. The molecule has 0 aromatic heterocycles. The fourth-order valence-corrected chi connectivity index (χ4v) is 3.35. The smallest absolute Gasteiger partial charge is 0.0991 e. The Kier molecular flexibility index (Phi) is 4.27. The van der Waals surface area contributed by atoms with Crippen LogP contribution in [0, 0.1) is 16.7 Å². The maximum Gasteiger partial charge on any atom is 0.0991 e. The molecule has 2 nitrogen and oxygen atoms in total. The summed E-state index contributed by atoms with van der Waals surface area (Å²) in [4.78, 5) is 2.43. The number of benzene rings is 1. The van der Waals surface area contributed by atoms with E-state index < -0.39 is 0 Å². The van der Waals surface area contributed by atoms with Crippen LogP contribution >= 0.6 is 0 Å². The van der Waals surface area contributed by atoms with E-state index in [4.69, 9.17) is 5.26 Å². The van der Waals surface area contributed by atoms with E-state index in [2.05, 4.69) is 30.1 Å². The summed E-state index contributed by atoms with van der Waals surface area (Å²) in [5, 5.41) is 8.95. The van der Waals surface area contributed by atoms with Gasteiger partial charge in [0.1, 0.15) is 0 Å². The predicted octanol–water partition coefficient (Wildman–Crippen LogP) is 3.40. The van der Waals surface area contributed by atoms with Crippen molar-refractivity contribution in [1.29, 1.82) is 5.26 Å². The summed E-state index contributed by atoms with van der Waals surface area (Å²) in [6, 6.07) is 8.48. The molecule has 1 aliphatic heterocycles. The molecule has 2 heteroatoms. The van der Waals surface area contributed by atoms with Crippen LogP contribution in [-0.2, 0) is 12.8 Å². The summed E-state index contributed by atoms with van der Waals surface area (Å²) in [5.41, 5.74) is 4.22. The van der Waals surface area contributed by atoms with Crippen molar-refractivity contribution in [2.75, 3.05) is 20.1 Å². The summed E-state index contributed by atoms with van der Waals surface area (Å²) in [5.74, 6) is 0. The Balaban J connectivity index is 0.000000637. The standard InChI is InChI=1S/C15H18N2.C2H6/c1-17-6-4-15(5-7-17)9-13-3-2-12(11-16)8-14(13)10-15;1-2/h2-3,8H,4-7,9-10H2,1H3;1-2H3. The Morgan fingerprint density at radius 1 is 1.11 bits per heavy atom. The largest absolute Gasteiger partial charge is 0.306 e. The van der Waals surface area contributed by atoms with Crippen molar-refractivity contribution in [3.63, 3.8) is 0 Å². The van der Waals surface area contributed by atoms with Crippen LogP contribution in [0.5, 0.6) is 0 Å². The molecule has 0 N–H and O–H groups in total. The highest BCUT2D eigenvalue weighted by atomic mass is 15.1. The normalized spacial score (nSPS) is 20.3. The van der Waals surface area contributed by atoms with E-state index in [0.717, 1.165) is 5.56 Å². The zero-order valence-electron chi connectivity index (χ0n) is 12.4. The molecule has 1 saturated heterocycles. The second-order valence-corrected chi connectivity index (χ2v) is 5.75. The molecular formula is C17H24N2. The van der Waals surface area contributed by atoms with Crippen LogP contribution in [-0.4, -0.2) is 25.0 Å². The van der Waals surface area contributed by atoms with Crippen molar-refractivity contribution in [1.82, 2.24) is 4.90 Å². The van der Waals surface area contributed by atoms with Crippen molar-refractivity contribution in [2.24, 2.45) is 5.41 Å². The first kappa shape index (κ1) is 14.1. The van der Waals surface area contributed by atoms with Gasteiger partial charge in [-0.05, 0) is 74.5 Å². The lowest BCUT2D eigenvalue weighted by Gasteiger charge is -2.37. The third-order valence-electron chi connectivity index (χ3n) is 4.51. The van der Waals surface area contributed by atoms with Crippen LogP contribution in [0.2, 0.25) is 0 Å². The lowest BCUT2D eigenvalue weighted by molar-refractivity contribution is 0.131. The minimum absolute atomic E-state index is 0.503. The van der Waals surface area contributed by atoms with E-state index in [0.29, 0.717) is 5.41 Å². The molecule has 0 unspecified atom stereocenters. The molecule has 1 aromatic rings. The molecule has 1 aliphatic carbocycles. The van der Waals surface area contributed by atoms with Gasteiger partial charge in [0.2, 0.25) is 0 Å². The SMILES string of the molecule is CC.CN1CCC2(CC1)Cc1ccc(C#N)cc1C2. The summed E-state index contributed by atoms with van der Waals surface area (Å²) < 4.78 is 0. The topological polar surface area (TPSA) is 27.0 Å². The second kappa shape index (κ2) is 5.75. The average molecular weight is 256 g/mol. The second-order valence-electron chi connectivity index (χ2n) is 5.75. The number of hydrogen-bond donors (Lipinski definition) is 0. The van der Waals surface area contributed by atoms with Gasteiger partial charge in [0.15, 0.2) is 0 Å². The van der Waals surface area contributed by atoms with Gasteiger partial charge >= 0.3 is 0 Å². The molecular weight excluding hydrogens is 232 g/mol. The van der Waals surface area contributed by atoms with Gasteiger partial charge in [-0.25, -0.2) is 0 Å². The molecule has 102 valence electrons. The fraction of sp³-hybridized carbons (Fsp3) is 0.588. The molecule has 2 aliphatic rings. The molecule has 1 heterocycles. The number of likely N-dealkylation sites (tertiary alicyclic amines) is 1. The summed E-state index contributed by atoms with van der Waals surface area (Å²) in [7, 11) is 2.21. The molecule has 0 saturated carbocycles. The Morgan fingerprint density at radius 3 is 2.37 bits per heavy atom. The highest BCUT2D eigenvalue weighted by molar-refractivity contribution is 5.42. The molecule has 19 heavy (non-hydrogen) atoms. The summed E-state index contributed by atoms with van der Waals surface area (Å²) in [6.07, 6.45) is 5.02. The van der Waals surface area contributed by atoms with Gasteiger partial charge in [-0.15, -0.1) is 0 Å². The van der Waals surface area contributed by atoms with Gasteiger partial charge in [0, 0.05) is 0 Å². The number of hydrogen-bond acceptors (Lipinski definition) is 2. The molecule has 1 spiro atoms. The fourth-order valence-electron chi connectivity index (χ4n) is 3.35. The van der Waals surface area contributed by atoms with Crippen LogP contribution < -0.4 is 0 Å². The van der Waals surface area contributed by atoms with Gasteiger partial charge in [0.05, 0.1) is 11.6 Å². The van der Waals surface area contributed by atoms with Crippen molar-refractivity contribution in [3.05, 3.63) is 34.9 Å². The Morgan fingerprint density at radius 2 is 1.74 bits per heavy atom. The highest BCUT2D eigenvalue weighted by Crippen LogP contribution is 2.44. The van der Waals surface area contributed by atoms with Crippen LogP contribution in [0.15, 0.2) is 18.2 Å². The van der Waals surface area contributed by atoms with Crippen molar-refractivity contribution >= 4 is 0 Å². The lowest BCUT2D eigenvalue weighted by atomic mass is 9.76.